The topological polar surface area (TPSA) is 105 Å². The van der Waals surface area contributed by atoms with Gasteiger partial charge >= 0.3 is 12.1 Å². The Bertz CT molecular complexity index is 956. The summed E-state index contributed by atoms with van der Waals surface area (Å²) in [6, 6.07) is 16.2. The summed E-state index contributed by atoms with van der Waals surface area (Å²) in [6.45, 7) is 5.47. The molecular formula is C25H30N2O5. The number of hydrogen-bond donors (Lipinski definition) is 3. The fourth-order valence-corrected chi connectivity index (χ4v) is 4.14. The number of ether oxygens (including phenoxy) is 1. The molecule has 0 aromatic heterocycles. The highest BCUT2D eigenvalue weighted by molar-refractivity contribution is 5.81. The Morgan fingerprint density at radius 3 is 2.12 bits per heavy atom. The number of aliphatic carboxylic acids is 1. The van der Waals surface area contributed by atoms with Gasteiger partial charge in [0.25, 0.3) is 0 Å². The normalized spacial score (nSPS) is 13.6. The van der Waals surface area contributed by atoms with Gasteiger partial charge in [-0.1, -0.05) is 55.5 Å². The molecule has 7 nitrogen and oxygen atoms in total. The van der Waals surface area contributed by atoms with Crippen molar-refractivity contribution in [1.29, 1.82) is 0 Å². The van der Waals surface area contributed by atoms with E-state index in [2.05, 4.69) is 34.9 Å². The van der Waals surface area contributed by atoms with Crippen molar-refractivity contribution in [3.8, 4) is 11.1 Å². The molecule has 1 atom stereocenters. The van der Waals surface area contributed by atoms with Crippen LogP contribution in [-0.2, 0) is 14.3 Å². The molecule has 0 radical (unpaired) electrons. The zero-order valence-electron chi connectivity index (χ0n) is 18.7. The highest BCUT2D eigenvalue weighted by atomic mass is 16.5. The van der Waals surface area contributed by atoms with Crippen LogP contribution in [0.25, 0.3) is 11.1 Å². The maximum Gasteiger partial charge on any atom is 0.407 e. The highest BCUT2D eigenvalue weighted by Gasteiger charge is 2.30. The van der Waals surface area contributed by atoms with Gasteiger partial charge in [0.1, 0.15) is 6.61 Å². The van der Waals surface area contributed by atoms with Crippen LogP contribution in [0.4, 0.5) is 4.79 Å². The molecule has 7 heteroatoms. The van der Waals surface area contributed by atoms with E-state index in [0.717, 1.165) is 22.3 Å². The third kappa shape index (κ3) is 5.46. The van der Waals surface area contributed by atoms with Crippen LogP contribution in [-0.4, -0.2) is 41.8 Å². The van der Waals surface area contributed by atoms with Gasteiger partial charge in [0.05, 0.1) is 12.3 Å². The summed E-state index contributed by atoms with van der Waals surface area (Å²) >= 11 is 0. The molecule has 0 spiro atoms. The number of carbonyl (C=O) groups excluding carboxylic acids is 2. The second-order valence-electron chi connectivity index (χ2n) is 8.76. The van der Waals surface area contributed by atoms with Gasteiger partial charge in [-0.2, -0.15) is 0 Å². The SMILES string of the molecule is CCC(CNC(=O)OCC1c2ccccc2-c2ccccc21)C(=O)NC(C)(C)CC(=O)O. The predicted molar refractivity (Wildman–Crippen MR) is 121 cm³/mol. The maximum atomic E-state index is 12.5. The highest BCUT2D eigenvalue weighted by Crippen LogP contribution is 2.44. The molecule has 3 N–H and O–H groups in total. The van der Waals surface area contributed by atoms with Gasteiger partial charge in [0.2, 0.25) is 5.91 Å². The molecule has 0 bridgehead atoms. The zero-order valence-corrected chi connectivity index (χ0v) is 18.7. The Balaban J connectivity index is 1.55. The van der Waals surface area contributed by atoms with Crippen molar-refractivity contribution in [2.24, 2.45) is 5.92 Å². The summed E-state index contributed by atoms with van der Waals surface area (Å²) in [5.74, 6) is -1.79. The quantitative estimate of drug-likeness (QED) is 0.550. The van der Waals surface area contributed by atoms with Crippen molar-refractivity contribution in [1.82, 2.24) is 10.6 Å². The van der Waals surface area contributed by atoms with E-state index in [1.54, 1.807) is 13.8 Å². The van der Waals surface area contributed by atoms with Crippen LogP contribution in [0.2, 0.25) is 0 Å². The summed E-state index contributed by atoms with van der Waals surface area (Å²) < 4.78 is 5.51. The molecule has 1 unspecified atom stereocenters. The first-order chi connectivity index (χ1) is 15.2. The number of hydrogen-bond acceptors (Lipinski definition) is 4. The lowest BCUT2D eigenvalue weighted by Gasteiger charge is -2.27. The average molecular weight is 439 g/mol. The monoisotopic (exact) mass is 438 g/mol. The van der Waals surface area contributed by atoms with Crippen molar-refractivity contribution < 1.29 is 24.2 Å². The Morgan fingerprint density at radius 2 is 1.59 bits per heavy atom. The molecule has 32 heavy (non-hydrogen) atoms. The minimum Gasteiger partial charge on any atom is -0.481 e. The number of amides is 2. The second-order valence-corrected chi connectivity index (χ2v) is 8.76. The molecule has 2 amide bonds. The van der Waals surface area contributed by atoms with Gasteiger partial charge in [-0.3, -0.25) is 9.59 Å². The minimum absolute atomic E-state index is 0.0322. The molecule has 0 saturated heterocycles. The second kappa shape index (κ2) is 9.85. The molecule has 1 aliphatic carbocycles. The number of fused-ring (bicyclic) bond motifs is 3. The molecule has 0 heterocycles. The summed E-state index contributed by atoms with van der Waals surface area (Å²) in [5, 5.41) is 14.4. The lowest BCUT2D eigenvalue weighted by molar-refractivity contribution is -0.138. The van der Waals surface area contributed by atoms with Gasteiger partial charge in [-0.15, -0.1) is 0 Å². The molecule has 2 aromatic carbocycles. The van der Waals surface area contributed by atoms with E-state index >= 15 is 0 Å². The van der Waals surface area contributed by atoms with Crippen molar-refractivity contribution in [2.45, 2.75) is 45.1 Å². The van der Waals surface area contributed by atoms with Gasteiger partial charge < -0.3 is 20.5 Å². The first-order valence-corrected chi connectivity index (χ1v) is 10.8. The van der Waals surface area contributed by atoms with Gasteiger partial charge in [0.15, 0.2) is 0 Å². The predicted octanol–water partition coefficient (Wildman–Crippen LogP) is 3.92. The number of alkyl carbamates (subject to hydrolysis) is 1. The minimum atomic E-state index is -0.986. The summed E-state index contributed by atoms with van der Waals surface area (Å²) in [4.78, 5) is 35.8. The van der Waals surface area contributed by atoms with E-state index in [4.69, 9.17) is 9.84 Å². The lowest BCUT2D eigenvalue weighted by atomic mass is 9.98. The molecule has 3 rings (SSSR count). The third-order valence-corrected chi connectivity index (χ3v) is 5.75. The number of carbonyl (C=O) groups is 3. The van der Waals surface area contributed by atoms with Crippen LogP contribution in [0.5, 0.6) is 0 Å². The van der Waals surface area contributed by atoms with E-state index in [0.29, 0.717) is 6.42 Å². The first-order valence-electron chi connectivity index (χ1n) is 10.8. The number of benzene rings is 2. The van der Waals surface area contributed by atoms with Gasteiger partial charge in [-0.05, 0) is 42.5 Å². The number of nitrogens with one attached hydrogen (secondary N) is 2. The largest absolute Gasteiger partial charge is 0.481 e. The van der Waals surface area contributed by atoms with Crippen molar-refractivity contribution in [3.05, 3.63) is 59.7 Å². The van der Waals surface area contributed by atoms with E-state index in [9.17, 15) is 14.4 Å². The van der Waals surface area contributed by atoms with Crippen LogP contribution in [0, 0.1) is 5.92 Å². The van der Waals surface area contributed by atoms with E-state index in [-0.39, 0.29) is 31.4 Å². The summed E-state index contributed by atoms with van der Waals surface area (Å²) in [6.07, 6.45) is -0.268. The first kappa shape index (κ1) is 23.3. The number of carboxylic acid groups (broad SMARTS) is 1. The van der Waals surface area contributed by atoms with Gasteiger partial charge in [0, 0.05) is 18.0 Å². The van der Waals surface area contributed by atoms with E-state index < -0.39 is 23.5 Å². The fraction of sp³-hybridized carbons (Fsp3) is 0.400. The maximum absolute atomic E-state index is 12.5. The third-order valence-electron chi connectivity index (χ3n) is 5.75. The smallest absolute Gasteiger partial charge is 0.407 e. The number of carboxylic acids is 1. The van der Waals surface area contributed by atoms with Crippen LogP contribution < -0.4 is 10.6 Å². The van der Waals surface area contributed by atoms with Crippen molar-refractivity contribution >= 4 is 18.0 Å². The molecule has 0 aliphatic heterocycles. The molecule has 2 aromatic rings. The standard InChI is InChI=1S/C25H30N2O5/c1-4-16(23(30)27-25(2,3)13-22(28)29)14-26-24(31)32-15-21-19-11-7-5-9-17(19)18-10-6-8-12-20(18)21/h5-12,16,21H,4,13-15H2,1-3H3,(H,26,31)(H,27,30)(H,28,29). The van der Waals surface area contributed by atoms with E-state index in [1.165, 1.54) is 0 Å². The Hall–Kier alpha value is -3.35. The average Bonchev–Trinajstić information content (AvgIpc) is 3.05. The summed E-state index contributed by atoms with van der Waals surface area (Å²) in [5.41, 5.74) is 3.70. The Kier molecular flexibility index (Phi) is 7.18. The fourth-order valence-electron chi connectivity index (χ4n) is 4.14. The molecule has 0 fully saturated rings. The van der Waals surface area contributed by atoms with Crippen molar-refractivity contribution in [3.63, 3.8) is 0 Å². The van der Waals surface area contributed by atoms with Crippen LogP contribution in [0.15, 0.2) is 48.5 Å². The molecule has 1 aliphatic rings. The molecule has 170 valence electrons. The number of rotatable bonds is 9. The molecular weight excluding hydrogens is 408 g/mol. The van der Waals surface area contributed by atoms with Gasteiger partial charge in [-0.25, -0.2) is 4.79 Å². The Morgan fingerprint density at radius 1 is 1.03 bits per heavy atom. The van der Waals surface area contributed by atoms with Crippen LogP contribution in [0.1, 0.15) is 50.7 Å². The lowest BCUT2D eigenvalue weighted by Crippen LogP contribution is -2.49. The van der Waals surface area contributed by atoms with Crippen molar-refractivity contribution in [2.75, 3.05) is 13.2 Å². The molecule has 0 saturated carbocycles. The zero-order chi connectivity index (χ0) is 23.3. The summed E-state index contributed by atoms with van der Waals surface area (Å²) in [7, 11) is 0. The Labute approximate surface area is 188 Å². The van der Waals surface area contributed by atoms with E-state index in [1.807, 2.05) is 31.2 Å². The van der Waals surface area contributed by atoms with Crippen LogP contribution >= 0.6 is 0 Å². The van der Waals surface area contributed by atoms with Crippen LogP contribution in [0.3, 0.4) is 0 Å².